The highest BCUT2D eigenvalue weighted by atomic mass is 16.5. The van der Waals surface area contributed by atoms with Crippen LogP contribution < -0.4 is 10.1 Å². The predicted molar refractivity (Wildman–Crippen MR) is 74.6 cm³/mol. The summed E-state index contributed by atoms with van der Waals surface area (Å²) in [4.78, 5) is 2.45. The van der Waals surface area contributed by atoms with Crippen molar-refractivity contribution in [3.8, 4) is 11.5 Å². The third kappa shape index (κ3) is 2.69. The van der Waals surface area contributed by atoms with Crippen molar-refractivity contribution in [2.24, 2.45) is 0 Å². The van der Waals surface area contributed by atoms with Crippen LogP contribution in [0.1, 0.15) is 30.9 Å². The fourth-order valence-electron chi connectivity index (χ4n) is 3.05. The number of fused-ring (bicyclic) bond motifs is 1. The van der Waals surface area contributed by atoms with E-state index in [-0.39, 0.29) is 11.8 Å². The molecule has 1 saturated heterocycles. The minimum atomic E-state index is 0.255. The van der Waals surface area contributed by atoms with Gasteiger partial charge in [0, 0.05) is 24.2 Å². The number of benzene rings is 1. The lowest BCUT2D eigenvalue weighted by Gasteiger charge is -2.33. The number of phenols is 1. The lowest BCUT2D eigenvalue weighted by molar-refractivity contribution is 0.175. The first-order valence-corrected chi connectivity index (χ1v) is 7.13. The Kier molecular flexibility index (Phi) is 3.62. The van der Waals surface area contributed by atoms with Crippen LogP contribution in [0.25, 0.3) is 0 Å². The van der Waals surface area contributed by atoms with E-state index in [4.69, 9.17) is 4.74 Å². The Bertz CT molecular complexity index is 450. The van der Waals surface area contributed by atoms with Crippen LogP contribution in [0.15, 0.2) is 18.2 Å². The van der Waals surface area contributed by atoms with Crippen molar-refractivity contribution < 1.29 is 9.84 Å². The predicted octanol–water partition coefficient (Wildman–Crippen LogP) is 1.90. The van der Waals surface area contributed by atoms with Crippen LogP contribution in [0.5, 0.6) is 11.5 Å². The molecule has 3 rings (SSSR count). The molecule has 19 heavy (non-hydrogen) atoms. The highest BCUT2D eigenvalue weighted by Crippen LogP contribution is 2.34. The van der Waals surface area contributed by atoms with Crippen molar-refractivity contribution in [3.05, 3.63) is 23.8 Å². The van der Waals surface area contributed by atoms with Crippen LogP contribution in [-0.4, -0.2) is 42.8 Å². The molecule has 0 amide bonds. The van der Waals surface area contributed by atoms with Crippen LogP contribution in [0.4, 0.5) is 0 Å². The normalized spacial score (nSPS) is 27.0. The molecule has 0 aromatic heterocycles. The molecule has 1 aromatic rings. The van der Waals surface area contributed by atoms with Crippen LogP contribution >= 0.6 is 0 Å². The summed E-state index contributed by atoms with van der Waals surface area (Å²) in [6.45, 7) is 2.87. The number of hydrogen-bond acceptors (Lipinski definition) is 4. The van der Waals surface area contributed by atoms with Gasteiger partial charge in [0.1, 0.15) is 18.1 Å². The fourth-order valence-corrected chi connectivity index (χ4v) is 3.05. The lowest BCUT2D eigenvalue weighted by Crippen LogP contribution is -2.44. The maximum atomic E-state index is 9.44. The van der Waals surface area contributed by atoms with Gasteiger partial charge in [-0.15, -0.1) is 0 Å². The highest BCUT2D eigenvalue weighted by Gasteiger charge is 2.26. The molecular formula is C15H22N2O2. The average molecular weight is 262 g/mol. The Morgan fingerprint density at radius 3 is 3.16 bits per heavy atom. The Hall–Kier alpha value is -1.26. The summed E-state index contributed by atoms with van der Waals surface area (Å²) in [7, 11) is 2.21. The molecule has 0 spiro atoms. The third-order valence-corrected chi connectivity index (χ3v) is 4.30. The van der Waals surface area contributed by atoms with Gasteiger partial charge in [-0.25, -0.2) is 0 Å². The summed E-state index contributed by atoms with van der Waals surface area (Å²) in [5, 5.41) is 13.1. The Morgan fingerprint density at radius 2 is 2.32 bits per heavy atom. The van der Waals surface area contributed by atoms with E-state index in [0.29, 0.717) is 12.6 Å². The van der Waals surface area contributed by atoms with E-state index in [0.717, 1.165) is 17.9 Å². The number of piperidine rings is 1. The van der Waals surface area contributed by atoms with Gasteiger partial charge in [0.2, 0.25) is 0 Å². The summed E-state index contributed by atoms with van der Waals surface area (Å²) in [5.74, 6) is 1.08. The second-order valence-corrected chi connectivity index (χ2v) is 5.62. The SMILES string of the molecule is CN1CCCCC1CNC1COc2cc(O)ccc21. The van der Waals surface area contributed by atoms with Crippen LogP contribution in [0.3, 0.4) is 0 Å². The Labute approximate surface area is 114 Å². The summed E-state index contributed by atoms with van der Waals surface area (Å²) in [6.07, 6.45) is 3.93. The maximum Gasteiger partial charge on any atom is 0.127 e. The molecule has 2 unspecified atom stereocenters. The first kappa shape index (κ1) is 12.8. The molecule has 2 aliphatic rings. The van der Waals surface area contributed by atoms with E-state index < -0.39 is 0 Å². The zero-order valence-corrected chi connectivity index (χ0v) is 11.4. The van der Waals surface area contributed by atoms with E-state index in [1.165, 1.54) is 25.8 Å². The average Bonchev–Trinajstić information content (AvgIpc) is 2.80. The molecule has 104 valence electrons. The number of likely N-dealkylation sites (tertiary alicyclic amines) is 1. The summed E-state index contributed by atoms with van der Waals surface area (Å²) >= 11 is 0. The number of hydrogen-bond donors (Lipinski definition) is 2. The van der Waals surface area contributed by atoms with Crippen molar-refractivity contribution in [2.75, 3.05) is 26.7 Å². The Balaban J connectivity index is 1.60. The van der Waals surface area contributed by atoms with Gasteiger partial charge in [0.05, 0.1) is 6.04 Å². The van der Waals surface area contributed by atoms with Crippen molar-refractivity contribution in [1.82, 2.24) is 10.2 Å². The van der Waals surface area contributed by atoms with Crippen LogP contribution in [0, 0.1) is 0 Å². The number of rotatable bonds is 3. The van der Waals surface area contributed by atoms with E-state index in [1.807, 2.05) is 6.07 Å². The van der Waals surface area contributed by atoms with Gasteiger partial charge in [-0.05, 0) is 38.6 Å². The van der Waals surface area contributed by atoms with Crippen molar-refractivity contribution in [2.45, 2.75) is 31.3 Å². The monoisotopic (exact) mass is 262 g/mol. The Morgan fingerprint density at radius 1 is 1.42 bits per heavy atom. The van der Waals surface area contributed by atoms with Crippen molar-refractivity contribution in [3.63, 3.8) is 0 Å². The van der Waals surface area contributed by atoms with Gasteiger partial charge in [0.25, 0.3) is 0 Å². The zero-order valence-electron chi connectivity index (χ0n) is 11.4. The summed E-state index contributed by atoms with van der Waals surface area (Å²) in [6, 6.07) is 6.28. The largest absolute Gasteiger partial charge is 0.508 e. The number of likely N-dealkylation sites (N-methyl/N-ethyl adjacent to an activating group) is 1. The van der Waals surface area contributed by atoms with Crippen LogP contribution in [0.2, 0.25) is 0 Å². The molecule has 0 aliphatic carbocycles. The quantitative estimate of drug-likeness (QED) is 0.873. The smallest absolute Gasteiger partial charge is 0.127 e. The first-order chi connectivity index (χ1) is 9.24. The van der Waals surface area contributed by atoms with E-state index >= 15 is 0 Å². The van der Waals surface area contributed by atoms with Gasteiger partial charge in [-0.3, -0.25) is 0 Å². The number of phenolic OH excluding ortho intramolecular Hbond substituents is 1. The molecule has 0 bridgehead atoms. The number of ether oxygens (including phenoxy) is 1. The molecule has 4 heteroatoms. The second-order valence-electron chi connectivity index (χ2n) is 5.62. The summed E-state index contributed by atoms with van der Waals surface area (Å²) < 4.78 is 5.62. The molecule has 1 aromatic carbocycles. The number of nitrogens with one attached hydrogen (secondary N) is 1. The highest BCUT2D eigenvalue weighted by molar-refractivity contribution is 5.44. The molecule has 0 radical (unpaired) electrons. The molecule has 2 heterocycles. The van der Waals surface area contributed by atoms with Gasteiger partial charge in [0.15, 0.2) is 0 Å². The van der Waals surface area contributed by atoms with Crippen LogP contribution in [-0.2, 0) is 0 Å². The van der Waals surface area contributed by atoms with Gasteiger partial charge >= 0.3 is 0 Å². The van der Waals surface area contributed by atoms with E-state index in [9.17, 15) is 5.11 Å². The number of nitrogens with zero attached hydrogens (tertiary/aromatic N) is 1. The van der Waals surface area contributed by atoms with Gasteiger partial charge < -0.3 is 20.1 Å². The molecule has 2 aliphatic heterocycles. The molecular weight excluding hydrogens is 240 g/mol. The molecule has 4 nitrogen and oxygen atoms in total. The molecule has 2 N–H and O–H groups in total. The third-order valence-electron chi connectivity index (χ3n) is 4.30. The summed E-state index contributed by atoms with van der Waals surface area (Å²) in [5.41, 5.74) is 1.16. The topological polar surface area (TPSA) is 44.7 Å². The fraction of sp³-hybridized carbons (Fsp3) is 0.600. The van der Waals surface area contributed by atoms with Crippen molar-refractivity contribution in [1.29, 1.82) is 0 Å². The van der Waals surface area contributed by atoms with E-state index in [1.54, 1.807) is 12.1 Å². The number of aromatic hydroxyl groups is 1. The van der Waals surface area contributed by atoms with Gasteiger partial charge in [-0.1, -0.05) is 6.42 Å². The molecule has 1 fully saturated rings. The maximum absolute atomic E-state index is 9.44. The molecule has 2 atom stereocenters. The standard InChI is InChI=1S/C15H22N2O2/c1-17-7-3-2-4-11(17)9-16-14-10-19-15-8-12(18)5-6-13(14)15/h5-6,8,11,14,16,18H,2-4,7,9-10H2,1H3. The lowest BCUT2D eigenvalue weighted by atomic mass is 10.0. The first-order valence-electron chi connectivity index (χ1n) is 7.13. The van der Waals surface area contributed by atoms with Gasteiger partial charge in [-0.2, -0.15) is 0 Å². The molecule has 0 saturated carbocycles. The van der Waals surface area contributed by atoms with Crippen molar-refractivity contribution >= 4 is 0 Å². The van der Waals surface area contributed by atoms with E-state index in [2.05, 4.69) is 17.3 Å². The minimum Gasteiger partial charge on any atom is -0.508 e. The second kappa shape index (κ2) is 5.39. The zero-order chi connectivity index (χ0) is 13.2. The minimum absolute atomic E-state index is 0.255.